The second-order valence-corrected chi connectivity index (χ2v) is 8.75. The van der Waals surface area contributed by atoms with Crippen molar-refractivity contribution >= 4 is 11.7 Å². The normalized spacial score (nSPS) is 14.1. The van der Waals surface area contributed by atoms with Crippen LogP contribution in [0.3, 0.4) is 0 Å². The summed E-state index contributed by atoms with van der Waals surface area (Å²) < 4.78 is 11.2. The first-order chi connectivity index (χ1) is 15.8. The van der Waals surface area contributed by atoms with Gasteiger partial charge in [0.15, 0.2) is 0 Å². The van der Waals surface area contributed by atoms with E-state index in [0.29, 0.717) is 31.0 Å². The molecule has 8 heteroatoms. The minimum absolute atomic E-state index is 0.0225. The summed E-state index contributed by atoms with van der Waals surface area (Å²) >= 11 is 0. The number of hydrogen-bond donors (Lipinski definition) is 0. The molecule has 3 aromatic rings. The highest BCUT2D eigenvalue weighted by molar-refractivity contribution is 5.97. The maximum Gasteiger partial charge on any atom is 0.257 e. The number of nitrogens with zero attached hydrogens (tertiary/aromatic N) is 5. The van der Waals surface area contributed by atoms with Crippen LogP contribution >= 0.6 is 0 Å². The molecule has 0 spiro atoms. The van der Waals surface area contributed by atoms with Crippen LogP contribution in [0.2, 0.25) is 0 Å². The third-order valence-corrected chi connectivity index (χ3v) is 5.94. The second kappa shape index (κ2) is 9.60. The molecular weight excluding hydrogens is 418 g/mol. The highest BCUT2D eigenvalue weighted by atomic mass is 16.5. The summed E-state index contributed by atoms with van der Waals surface area (Å²) in [5.74, 6) is 3.33. The van der Waals surface area contributed by atoms with Crippen LogP contribution in [-0.2, 0) is 6.61 Å². The first kappa shape index (κ1) is 22.8. The number of carbonyl (C=O) groups excluding carboxylic acids is 1. The predicted octanol–water partition coefficient (Wildman–Crippen LogP) is 4.05. The molecule has 8 nitrogen and oxygen atoms in total. The van der Waals surface area contributed by atoms with Gasteiger partial charge in [-0.05, 0) is 32.9 Å². The van der Waals surface area contributed by atoms with E-state index in [-0.39, 0.29) is 11.8 Å². The average Bonchev–Trinajstić information content (AvgIpc) is 3.14. The predicted molar refractivity (Wildman–Crippen MR) is 126 cm³/mol. The van der Waals surface area contributed by atoms with E-state index in [1.165, 1.54) is 0 Å². The molecule has 0 bridgehead atoms. The van der Waals surface area contributed by atoms with E-state index < -0.39 is 0 Å². The topological polar surface area (TPSA) is 84.6 Å². The van der Waals surface area contributed by atoms with Crippen LogP contribution in [0.15, 0.2) is 34.9 Å². The smallest absolute Gasteiger partial charge is 0.257 e. The van der Waals surface area contributed by atoms with E-state index in [0.717, 1.165) is 47.4 Å². The lowest BCUT2D eigenvalue weighted by Gasteiger charge is -2.36. The van der Waals surface area contributed by atoms with Gasteiger partial charge in [0.2, 0.25) is 0 Å². The monoisotopic (exact) mass is 449 g/mol. The van der Waals surface area contributed by atoms with E-state index in [9.17, 15) is 4.79 Å². The quantitative estimate of drug-likeness (QED) is 0.561. The Bertz CT molecular complexity index is 1110. The number of hydrogen-bond acceptors (Lipinski definition) is 7. The van der Waals surface area contributed by atoms with Crippen LogP contribution in [0.5, 0.6) is 5.75 Å². The lowest BCUT2D eigenvalue weighted by Crippen LogP contribution is -2.49. The van der Waals surface area contributed by atoms with Gasteiger partial charge in [-0.25, -0.2) is 9.97 Å². The van der Waals surface area contributed by atoms with Crippen LogP contribution in [0.25, 0.3) is 0 Å². The van der Waals surface area contributed by atoms with Crippen molar-refractivity contribution < 1.29 is 14.1 Å². The third-order valence-electron chi connectivity index (χ3n) is 5.94. The largest absolute Gasteiger partial charge is 0.488 e. The van der Waals surface area contributed by atoms with Crippen molar-refractivity contribution in [3.05, 3.63) is 64.4 Å². The SMILES string of the molecule is Cc1cc(N2CCN(C(=O)c3ccccc3OCc3c(C)noc3C)CC2)nc(C(C)C)n1. The van der Waals surface area contributed by atoms with Crippen molar-refractivity contribution in [2.75, 3.05) is 31.1 Å². The minimum Gasteiger partial charge on any atom is -0.488 e. The van der Waals surface area contributed by atoms with Crippen LogP contribution < -0.4 is 9.64 Å². The number of rotatable bonds is 6. The van der Waals surface area contributed by atoms with Gasteiger partial charge < -0.3 is 19.1 Å². The summed E-state index contributed by atoms with van der Waals surface area (Å²) in [5, 5.41) is 3.97. The van der Waals surface area contributed by atoms with E-state index in [1.54, 1.807) is 0 Å². The van der Waals surface area contributed by atoms with Crippen LogP contribution in [-0.4, -0.2) is 52.1 Å². The summed E-state index contributed by atoms with van der Waals surface area (Å²) in [6.07, 6.45) is 0. The molecule has 1 aliphatic heterocycles. The lowest BCUT2D eigenvalue weighted by atomic mass is 10.1. The van der Waals surface area contributed by atoms with Crippen LogP contribution in [0.1, 0.15) is 58.7 Å². The fourth-order valence-corrected chi connectivity index (χ4v) is 3.93. The highest BCUT2D eigenvalue weighted by Crippen LogP contribution is 2.24. The van der Waals surface area contributed by atoms with Gasteiger partial charge in [0.1, 0.15) is 29.8 Å². The van der Waals surface area contributed by atoms with Gasteiger partial charge in [-0.1, -0.05) is 31.1 Å². The maximum absolute atomic E-state index is 13.3. The Morgan fingerprint density at radius 2 is 1.82 bits per heavy atom. The Hall–Kier alpha value is -3.42. The van der Waals surface area contributed by atoms with Crippen molar-refractivity contribution in [1.29, 1.82) is 0 Å². The van der Waals surface area contributed by atoms with Gasteiger partial charge in [0.25, 0.3) is 5.91 Å². The zero-order valence-corrected chi connectivity index (χ0v) is 20.0. The number of amides is 1. The van der Waals surface area contributed by atoms with Gasteiger partial charge in [-0.3, -0.25) is 4.79 Å². The highest BCUT2D eigenvalue weighted by Gasteiger charge is 2.25. The van der Waals surface area contributed by atoms with Gasteiger partial charge in [0, 0.05) is 43.9 Å². The molecule has 3 heterocycles. The third kappa shape index (κ3) is 4.99. The Kier molecular flexibility index (Phi) is 6.62. The van der Waals surface area contributed by atoms with Gasteiger partial charge in [-0.15, -0.1) is 0 Å². The Labute approximate surface area is 194 Å². The summed E-state index contributed by atoms with van der Waals surface area (Å²) in [7, 11) is 0. The molecule has 1 aliphatic rings. The molecule has 1 fully saturated rings. The van der Waals surface area contributed by atoms with Crippen molar-refractivity contribution in [3.8, 4) is 5.75 Å². The molecular formula is C25H31N5O3. The molecule has 0 unspecified atom stereocenters. The molecule has 174 valence electrons. The summed E-state index contributed by atoms with van der Waals surface area (Å²) in [4.78, 5) is 26.7. The fraction of sp³-hybridized carbons (Fsp3) is 0.440. The van der Waals surface area contributed by atoms with E-state index in [1.807, 2.05) is 56.0 Å². The molecule has 0 atom stereocenters. The summed E-state index contributed by atoms with van der Waals surface area (Å²) in [5.41, 5.74) is 3.24. The molecule has 4 rings (SSSR count). The molecule has 1 amide bonds. The number of aryl methyl sites for hydroxylation is 3. The average molecular weight is 450 g/mol. The van der Waals surface area contributed by atoms with E-state index >= 15 is 0 Å². The van der Waals surface area contributed by atoms with E-state index in [2.05, 4.69) is 28.9 Å². The van der Waals surface area contributed by atoms with Gasteiger partial charge in [0.05, 0.1) is 16.8 Å². The standard InChI is InChI=1S/C25H31N5O3/c1-16(2)24-26-17(3)14-23(27-24)29-10-12-30(13-11-29)25(31)20-8-6-7-9-22(20)32-15-21-18(4)28-33-19(21)5/h6-9,14,16H,10-13,15H2,1-5H3. The molecule has 0 aliphatic carbocycles. The Morgan fingerprint density at radius 1 is 1.09 bits per heavy atom. The molecule has 0 saturated carbocycles. The fourth-order valence-electron chi connectivity index (χ4n) is 3.93. The Balaban J connectivity index is 1.43. The van der Waals surface area contributed by atoms with Gasteiger partial charge in [-0.2, -0.15) is 0 Å². The molecule has 0 N–H and O–H groups in total. The number of para-hydroxylation sites is 1. The number of piperazine rings is 1. The number of carbonyl (C=O) groups is 1. The second-order valence-electron chi connectivity index (χ2n) is 8.75. The molecule has 33 heavy (non-hydrogen) atoms. The molecule has 2 aromatic heterocycles. The van der Waals surface area contributed by atoms with Crippen molar-refractivity contribution in [3.63, 3.8) is 0 Å². The molecule has 0 radical (unpaired) electrons. The Morgan fingerprint density at radius 3 is 2.48 bits per heavy atom. The molecule has 1 saturated heterocycles. The van der Waals surface area contributed by atoms with E-state index in [4.69, 9.17) is 14.2 Å². The minimum atomic E-state index is -0.0225. The number of aromatic nitrogens is 3. The zero-order chi connectivity index (χ0) is 23.5. The van der Waals surface area contributed by atoms with Crippen molar-refractivity contribution in [1.82, 2.24) is 20.0 Å². The van der Waals surface area contributed by atoms with Crippen molar-refractivity contribution in [2.24, 2.45) is 0 Å². The van der Waals surface area contributed by atoms with Gasteiger partial charge >= 0.3 is 0 Å². The summed E-state index contributed by atoms with van der Waals surface area (Å²) in [6.45, 7) is 12.9. The zero-order valence-electron chi connectivity index (χ0n) is 20.0. The van der Waals surface area contributed by atoms with Crippen LogP contribution in [0, 0.1) is 20.8 Å². The summed E-state index contributed by atoms with van der Waals surface area (Å²) in [6, 6.07) is 9.41. The van der Waals surface area contributed by atoms with Crippen LogP contribution in [0.4, 0.5) is 5.82 Å². The number of ether oxygens (including phenoxy) is 1. The molecule has 1 aromatic carbocycles. The number of benzene rings is 1. The van der Waals surface area contributed by atoms with Crippen molar-refractivity contribution in [2.45, 2.75) is 47.1 Å². The first-order valence-electron chi connectivity index (χ1n) is 11.4. The number of anilines is 1. The lowest BCUT2D eigenvalue weighted by molar-refractivity contribution is 0.0741. The first-order valence-corrected chi connectivity index (χ1v) is 11.4. The maximum atomic E-state index is 13.3.